The second-order valence-electron chi connectivity index (χ2n) is 9.29. The van der Waals surface area contributed by atoms with Crippen molar-refractivity contribution in [2.75, 3.05) is 11.9 Å². The summed E-state index contributed by atoms with van der Waals surface area (Å²) < 4.78 is 0. The highest BCUT2D eigenvalue weighted by atomic mass is 16.2. The van der Waals surface area contributed by atoms with E-state index < -0.39 is 24.0 Å². The van der Waals surface area contributed by atoms with Gasteiger partial charge in [-0.25, -0.2) is 4.79 Å². The van der Waals surface area contributed by atoms with E-state index in [2.05, 4.69) is 22.9 Å². The molecule has 0 aromatic heterocycles. The fourth-order valence-corrected chi connectivity index (χ4v) is 4.64. The second kappa shape index (κ2) is 9.67. The summed E-state index contributed by atoms with van der Waals surface area (Å²) in [6.45, 7) is 3.61. The maximum absolute atomic E-state index is 13.0. The first-order valence-corrected chi connectivity index (χ1v) is 11.7. The first-order valence-electron chi connectivity index (χ1n) is 11.7. The Hall–Kier alpha value is -3.68. The molecule has 1 saturated heterocycles. The number of amides is 5. The zero-order chi connectivity index (χ0) is 24.3. The second-order valence-corrected chi connectivity index (χ2v) is 9.29. The molecule has 0 bridgehead atoms. The lowest BCUT2D eigenvalue weighted by Crippen LogP contribution is -2.49. The SMILES string of the molecule is CC1CCC2(CC1)NC(=O)N(CC(=O)Nc1ccccc1C(=O)NC(C)c1ccccc1)C2=O. The molecule has 1 saturated carbocycles. The first kappa shape index (κ1) is 23.5. The highest BCUT2D eigenvalue weighted by Crippen LogP contribution is 2.36. The topological polar surface area (TPSA) is 108 Å². The van der Waals surface area contributed by atoms with Crippen molar-refractivity contribution in [3.63, 3.8) is 0 Å². The van der Waals surface area contributed by atoms with E-state index in [4.69, 9.17) is 0 Å². The molecule has 34 heavy (non-hydrogen) atoms. The van der Waals surface area contributed by atoms with Crippen molar-refractivity contribution in [2.45, 2.75) is 51.1 Å². The van der Waals surface area contributed by atoms with Crippen molar-refractivity contribution < 1.29 is 19.2 Å². The summed E-state index contributed by atoms with van der Waals surface area (Å²) in [5, 5.41) is 8.45. The minimum atomic E-state index is -0.894. The van der Waals surface area contributed by atoms with Crippen molar-refractivity contribution in [3.05, 3.63) is 65.7 Å². The third-order valence-electron chi connectivity index (χ3n) is 6.77. The molecule has 178 valence electrons. The summed E-state index contributed by atoms with van der Waals surface area (Å²) >= 11 is 0. The van der Waals surface area contributed by atoms with E-state index in [9.17, 15) is 19.2 Å². The molecule has 8 heteroatoms. The normalized spacial score (nSPS) is 22.9. The van der Waals surface area contributed by atoms with E-state index in [1.54, 1.807) is 24.3 Å². The van der Waals surface area contributed by atoms with Gasteiger partial charge in [-0.15, -0.1) is 0 Å². The molecule has 1 unspecified atom stereocenters. The standard InChI is InChI=1S/C26H30N4O4/c1-17-12-14-26(15-13-17)24(33)30(25(34)29-26)16-22(31)28-21-11-7-6-10-20(21)23(32)27-18(2)19-8-4-3-5-9-19/h3-11,17-18H,12-16H2,1-2H3,(H,27,32)(H,28,31)(H,29,34). The number of urea groups is 1. The van der Waals surface area contributed by atoms with Crippen LogP contribution in [0.25, 0.3) is 0 Å². The average Bonchev–Trinajstić information content (AvgIpc) is 3.06. The zero-order valence-corrected chi connectivity index (χ0v) is 19.5. The van der Waals surface area contributed by atoms with Gasteiger partial charge in [-0.05, 0) is 56.2 Å². The van der Waals surface area contributed by atoms with Gasteiger partial charge in [0.2, 0.25) is 5.91 Å². The summed E-state index contributed by atoms with van der Waals surface area (Å²) in [6, 6.07) is 15.5. The van der Waals surface area contributed by atoms with Gasteiger partial charge in [0, 0.05) is 0 Å². The molecule has 1 aliphatic carbocycles. The minimum Gasteiger partial charge on any atom is -0.345 e. The molecule has 2 aromatic rings. The lowest BCUT2D eigenvalue weighted by Gasteiger charge is -2.33. The van der Waals surface area contributed by atoms with Crippen LogP contribution in [0.3, 0.4) is 0 Å². The number of nitrogens with zero attached hydrogens (tertiary/aromatic N) is 1. The van der Waals surface area contributed by atoms with Crippen molar-refractivity contribution in [3.8, 4) is 0 Å². The Labute approximate surface area is 199 Å². The molecule has 2 fully saturated rings. The van der Waals surface area contributed by atoms with E-state index >= 15 is 0 Å². The monoisotopic (exact) mass is 462 g/mol. The number of carbonyl (C=O) groups excluding carboxylic acids is 4. The number of para-hydroxylation sites is 1. The highest BCUT2D eigenvalue weighted by molar-refractivity contribution is 6.11. The number of nitrogens with one attached hydrogen (secondary N) is 3. The third kappa shape index (κ3) is 4.81. The van der Waals surface area contributed by atoms with Gasteiger partial charge in [0.1, 0.15) is 12.1 Å². The molecule has 2 aliphatic rings. The van der Waals surface area contributed by atoms with Crippen LogP contribution in [0, 0.1) is 5.92 Å². The van der Waals surface area contributed by atoms with Crippen molar-refractivity contribution in [1.82, 2.24) is 15.5 Å². The molecule has 1 heterocycles. The molecular formula is C26H30N4O4. The van der Waals surface area contributed by atoms with Crippen LogP contribution in [0.1, 0.15) is 61.5 Å². The van der Waals surface area contributed by atoms with Gasteiger partial charge in [-0.2, -0.15) is 0 Å². The third-order valence-corrected chi connectivity index (χ3v) is 6.77. The first-order chi connectivity index (χ1) is 16.3. The Balaban J connectivity index is 1.41. The van der Waals surface area contributed by atoms with Gasteiger partial charge in [0.25, 0.3) is 11.8 Å². The molecule has 8 nitrogen and oxygen atoms in total. The Morgan fingerprint density at radius 1 is 1.06 bits per heavy atom. The highest BCUT2D eigenvalue weighted by Gasteiger charge is 2.52. The van der Waals surface area contributed by atoms with Crippen molar-refractivity contribution >= 4 is 29.4 Å². The van der Waals surface area contributed by atoms with Crippen LogP contribution in [0.2, 0.25) is 0 Å². The predicted molar refractivity (Wildman–Crippen MR) is 128 cm³/mol. The van der Waals surface area contributed by atoms with Gasteiger partial charge in [0.05, 0.1) is 17.3 Å². The van der Waals surface area contributed by atoms with Crippen LogP contribution >= 0.6 is 0 Å². The summed E-state index contributed by atoms with van der Waals surface area (Å²) in [5.74, 6) is -0.708. The van der Waals surface area contributed by atoms with Gasteiger partial charge in [-0.1, -0.05) is 49.4 Å². The Kier molecular flexibility index (Phi) is 6.68. The van der Waals surface area contributed by atoms with Crippen LogP contribution < -0.4 is 16.0 Å². The molecule has 1 atom stereocenters. The quantitative estimate of drug-likeness (QED) is 0.570. The maximum atomic E-state index is 13.0. The summed E-state index contributed by atoms with van der Waals surface area (Å²) in [7, 11) is 0. The van der Waals surface area contributed by atoms with Gasteiger partial charge < -0.3 is 16.0 Å². The van der Waals surface area contributed by atoms with Gasteiger partial charge in [0.15, 0.2) is 0 Å². The van der Waals surface area contributed by atoms with E-state index in [0.29, 0.717) is 30.0 Å². The van der Waals surface area contributed by atoms with Crippen molar-refractivity contribution in [2.24, 2.45) is 5.92 Å². The van der Waals surface area contributed by atoms with Gasteiger partial charge in [-0.3, -0.25) is 19.3 Å². The fourth-order valence-electron chi connectivity index (χ4n) is 4.64. The lowest BCUT2D eigenvalue weighted by molar-refractivity contribution is -0.135. The Bertz CT molecular complexity index is 1090. The molecule has 5 amide bonds. The van der Waals surface area contributed by atoms with E-state index in [-0.39, 0.29) is 17.9 Å². The van der Waals surface area contributed by atoms with Crippen LogP contribution in [0.15, 0.2) is 54.6 Å². The molecule has 1 spiro atoms. The van der Waals surface area contributed by atoms with Crippen LogP contribution in [0.5, 0.6) is 0 Å². The molecule has 4 rings (SSSR count). The zero-order valence-electron chi connectivity index (χ0n) is 19.5. The maximum Gasteiger partial charge on any atom is 0.325 e. The number of rotatable bonds is 6. The van der Waals surface area contributed by atoms with Crippen LogP contribution in [0.4, 0.5) is 10.5 Å². The number of anilines is 1. The summed E-state index contributed by atoms with van der Waals surface area (Å²) in [6.07, 6.45) is 2.88. The number of benzene rings is 2. The Morgan fingerprint density at radius 2 is 1.71 bits per heavy atom. The molecule has 0 radical (unpaired) electrons. The van der Waals surface area contributed by atoms with Crippen LogP contribution in [-0.4, -0.2) is 40.7 Å². The number of carbonyl (C=O) groups is 4. The lowest BCUT2D eigenvalue weighted by atomic mass is 9.77. The number of hydrogen-bond acceptors (Lipinski definition) is 4. The molecule has 3 N–H and O–H groups in total. The fraction of sp³-hybridized carbons (Fsp3) is 0.385. The Morgan fingerprint density at radius 3 is 2.41 bits per heavy atom. The number of imide groups is 1. The molecule has 2 aromatic carbocycles. The largest absolute Gasteiger partial charge is 0.345 e. The van der Waals surface area contributed by atoms with Crippen molar-refractivity contribution in [1.29, 1.82) is 0 Å². The summed E-state index contributed by atoms with van der Waals surface area (Å²) in [4.78, 5) is 52.2. The smallest absolute Gasteiger partial charge is 0.325 e. The molecular weight excluding hydrogens is 432 g/mol. The van der Waals surface area contributed by atoms with Gasteiger partial charge >= 0.3 is 6.03 Å². The minimum absolute atomic E-state index is 0.224. The van der Waals surface area contributed by atoms with Crippen LogP contribution in [-0.2, 0) is 9.59 Å². The van der Waals surface area contributed by atoms with E-state index in [1.165, 1.54) is 0 Å². The average molecular weight is 463 g/mol. The van der Waals surface area contributed by atoms with E-state index in [0.717, 1.165) is 23.3 Å². The predicted octanol–water partition coefficient (Wildman–Crippen LogP) is 3.62. The number of hydrogen-bond donors (Lipinski definition) is 3. The summed E-state index contributed by atoms with van der Waals surface area (Å²) in [5.41, 5.74) is 0.684. The molecule has 1 aliphatic heterocycles. The van der Waals surface area contributed by atoms with E-state index in [1.807, 2.05) is 37.3 Å².